The molecule has 0 atom stereocenters. The van der Waals surface area contributed by atoms with Crippen LogP contribution in [0.1, 0.15) is 136 Å². The zero-order valence-corrected chi connectivity index (χ0v) is 42.0. The third-order valence-electron chi connectivity index (χ3n) is 10.1. The summed E-state index contributed by atoms with van der Waals surface area (Å²) < 4.78 is 29.0. The van der Waals surface area contributed by atoms with Crippen molar-refractivity contribution in [2.75, 3.05) is 19.8 Å². The zero-order chi connectivity index (χ0) is 37.6. The van der Waals surface area contributed by atoms with E-state index in [9.17, 15) is 0 Å². The SMILES string of the molecule is CCCCCCCCOc1cc(-n2c3c[c]([Sn]([CH3])([CH3])[CH3])sc3c3s[c]([Sn]([CH3])([CH3])[CH3])cc32)cc(OCCCCCCCC)c1OCCCCCCCC. The Hall–Kier alpha value is -0.583. The van der Waals surface area contributed by atoms with Gasteiger partial charge in [-0.05, 0) is 0 Å². The molecule has 1 aromatic carbocycles. The molecule has 0 fully saturated rings. The minimum atomic E-state index is -2.31. The molecular weight excluding hydrogens is 892 g/mol. The molecule has 3 aromatic heterocycles. The van der Waals surface area contributed by atoms with Crippen LogP contribution in [0, 0.1) is 0 Å². The van der Waals surface area contributed by atoms with Crippen molar-refractivity contribution in [3.8, 4) is 22.9 Å². The molecule has 292 valence electrons. The van der Waals surface area contributed by atoms with Gasteiger partial charge in [0.1, 0.15) is 0 Å². The standard InChI is InChI=1S/C38H55NO3S2.6CH3.2Sn/c1-4-7-10-13-16-19-24-40-34-29-31(39-32-22-27-43-37(32)38-33(39)23-28-44-38)30-35(41-25-20-17-14-11-8-5-2)36(34)42-26-21-18-15-12-9-6-3;;;;;;;;/h22-23,29-30H,4-21,24-26H2,1-3H3;6*1H3;;. The number of fused-ring (bicyclic) bond motifs is 3. The molecule has 4 nitrogen and oxygen atoms in total. The summed E-state index contributed by atoms with van der Waals surface area (Å²) in [7, 11) is 0. The Labute approximate surface area is 334 Å². The van der Waals surface area contributed by atoms with E-state index in [2.05, 4.69) is 102 Å². The van der Waals surface area contributed by atoms with E-state index < -0.39 is 36.8 Å². The Morgan fingerprint density at radius 1 is 0.462 bits per heavy atom. The normalized spacial score (nSPS) is 12.4. The topological polar surface area (TPSA) is 32.6 Å². The average molecular weight is 966 g/mol. The van der Waals surface area contributed by atoms with Crippen LogP contribution in [0.25, 0.3) is 26.1 Å². The molecule has 0 aliphatic heterocycles. The van der Waals surface area contributed by atoms with Gasteiger partial charge in [-0.1, -0.05) is 85.0 Å². The molecule has 3 heterocycles. The summed E-state index contributed by atoms with van der Waals surface area (Å²) in [6, 6.07) is 9.64. The van der Waals surface area contributed by atoms with Gasteiger partial charge in [0.15, 0.2) is 0 Å². The monoisotopic (exact) mass is 967 g/mol. The second kappa shape index (κ2) is 22.2. The molecule has 0 aliphatic carbocycles. The van der Waals surface area contributed by atoms with Gasteiger partial charge in [0.25, 0.3) is 0 Å². The van der Waals surface area contributed by atoms with Crippen LogP contribution in [-0.2, 0) is 0 Å². The summed E-state index contributed by atoms with van der Waals surface area (Å²) >= 11 is -0.473. The first-order chi connectivity index (χ1) is 25.0. The third-order valence-corrected chi connectivity index (χ3v) is 31.4. The average Bonchev–Trinajstić information content (AvgIpc) is 3.79. The molecule has 0 spiro atoms. The number of aromatic nitrogens is 1. The van der Waals surface area contributed by atoms with Gasteiger partial charge in [-0.15, -0.1) is 0 Å². The molecule has 0 radical (unpaired) electrons. The molecule has 0 bridgehead atoms. The summed E-state index contributed by atoms with van der Waals surface area (Å²) in [6.45, 7) is 8.96. The van der Waals surface area contributed by atoms with Gasteiger partial charge >= 0.3 is 252 Å². The number of rotatable bonds is 27. The minimum Gasteiger partial charge on any atom is -0.0654 e. The fourth-order valence-electron chi connectivity index (χ4n) is 6.80. The fourth-order valence-corrected chi connectivity index (χ4v) is 19.6. The van der Waals surface area contributed by atoms with E-state index >= 15 is 0 Å². The van der Waals surface area contributed by atoms with Crippen LogP contribution in [-0.4, -0.2) is 61.1 Å². The summed E-state index contributed by atoms with van der Waals surface area (Å²) in [6.07, 6.45) is 22.4. The van der Waals surface area contributed by atoms with Crippen LogP contribution in [0.4, 0.5) is 0 Å². The first-order valence-corrected chi connectivity index (χ1v) is 42.8. The van der Waals surface area contributed by atoms with Crippen molar-refractivity contribution in [3.05, 3.63) is 24.3 Å². The van der Waals surface area contributed by atoms with Crippen LogP contribution in [0.15, 0.2) is 24.3 Å². The van der Waals surface area contributed by atoms with Crippen molar-refractivity contribution < 1.29 is 14.2 Å². The van der Waals surface area contributed by atoms with Crippen LogP contribution in [0.3, 0.4) is 0 Å². The number of nitrogens with zero attached hydrogens (tertiary/aromatic N) is 1. The molecule has 0 unspecified atom stereocenters. The van der Waals surface area contributed by atoms with E-state index in [1.54, 1.807) is 5.79 Å². The van der Waals surface area contributed by atoms with E-state index in [-0.39, 0.29) is 0 Å². The van der Waals surface area contributed by atoms with E-state index in [4.69, 9.17) is 14.2 Å². The summed E-state index contributed by atoms with van der Waals surface area (Å²) in [5, 5.41) is 0. The predicted octanol–water partition coefficient (Wildman–Crippen LogP) is 14.2. The Morgan fingerprint density at radius 3 is 1.17 bits per heavy atom. The Morgan fingerprint density at radius 2 is 0.808 bits per heavy atom. The van der Waals surface area contributed by atoms with Crippen molar-refractivity contribution in [2.24, 2.45) is 0 Å². The summed E-state index contributed by atoms with van der Waals surface area (Å²) in [5.41, 5.74) is 3.85. The summed E-state index contributed by atoms with van der Waals surface area (Å²) in [4.78, 5) is 15.3. The second-order valence-electron chi connectivity index (χ2n) is 17.1. The Kier molecular flexibility index (Phi) is 18.9. The van der Waals surface area contributed by atoms with E-state index in [1.165, 1.54) is 117 Å². The van der Waals surface area contributed by atoms with Gasteiger partial charge in [0, 0.05) is 0 Å². The van der Waals surface area contributed by atoms with Crippen molar-refractivity contribution in [1.29, 1.82) is 0 Å². The molecule has 4 rings (SSSR count). The maximum atomic E-state index is 6.76. The zero-order valence-electron chi connectivity index (χ0n) is 34.6. The van der Waals surface area contributed by atoms with Gasteiger partial charge in [-0.3, -0.25) is 0 Å². The van der Waals surface area contributed by atoms with E-state index in [0.717, 1.165) is 42.2 Å². The van der Waals surface area contributed by atoms with Gasteiger partial charge < -0.3 is 0 Å². The molecule has 0 aliphatic rings. The smallest absolute Gasteiger partial charge is 0.0654 e. The van der Waals surface area contributed by atoms with E-state index in [0.29, 0.717) is 19.8 Å². The minimum absolute atomic E-state index is 0.698. The van der Waals surface area contributed by atoms with Crippen molar-refractivity contribution in [2.45, 2.75) is 166 Å². The van der Waals surface area contributed by atoms with Crippen molar-refractivity contribution in [1.82, 2.24) is 4.57 Å². The predicted molar refractivity (Wildman–Crippen MR) is 239 cm³/mol. The summed E-state index contributed by atoms with van der Waals surface area (Å²) in [5.74, 6) is 2.50. The maximum absolute atomic E-state index is 6.76. The molecular formula is C44H73NO3S2Sn2. The quantitative estimate of drug-likeness (QED) is 0.0441. The Bertz CT molecular complexity index is 1520. The second-order valence-corrected chi connectivity index (χ2v) is 50.0. The molecule has 0 amide bonds. The van der Waals surface area contributed by atoms with Gasteiger partial charge in [-0.2, -0.15) is 0 Å². The molecule has 8 heteroatoms. The van der Waals surface area contributed by atoms with Gasteiger partial charge in [-0.25, -0.2) is 0 Å². The molecule has 4 aromatic rings. The number of thiophene rings is 2. The van der Waals surface area contributed by atoms with Gasteiger partial charge in [0.05, 0.1) is 0 Å². The van der Waals surface area contributed by atoms with Crippen LogP contribution in [0.5, 0.6) is 17.2 Å². The fraction of sp³-hybridized carbons (Fsp3) is 0.682. The number of ether oxygens (including phenoxy) is 3. The molecule has 0 N–H and O–H groups in total. The van der Waals surface area contributed by atoms with Crippen molar-refractivity contribution in [3.63, 3.8) is 0 Å². The number of hydrogen-bond donors (Lipinski definition) is 0. The van der Waals surface area contributed by atoms with E-state index in [1.807, 2.05) is 0 Å². The van der Waals surface area contributed by atoms with Crippen LogP contribution < -0.4 is 20.0 Å². The van der Waals surface area contributed by atoms with Crippen LogP contribution >= 0.6 is 22.7 Å². The van der Waals surface area contributed by atoms with Crippen LogP contribution in [0.2, 0.25) is 29.6 Å². The number of benzene rings is 1. The number of hydrogen-bond acceptors (Lipinski definition) is 5. The van der Waals surface area contributed by atoms with Crippen molar-refractivity contribution >= 4 is 85.6 Å². The third kappa shape index (κ3) is 13.0. The Balaban J connectivity index is 1.76. The first-order valence-electron chi connectivity index (χ1n) is 21.1. The van der Waals surface area contributed by atoms with Gasteiger partial charge in [0.2, 0.25) is 0 Å². The first kappa shape index (κ1) is 44.1. The molecule has 52 heavy (non-hydrogen) atoms. The molecule has 0 saturated heterocycles. The number of unbranched alkanes of at least 4 members (excludes halogenated alkanes) is 15. The molecule has 0 saturated carbocycles.